The number of aromatic nitrogens is 2. The molecule has 1 amide bonds. The van der Waals surface area contributed by atoms with Crippen LogP contribution in [-0.2, 0) is 9.53 Å². The summed E-state index contributed by atoms with van der Waals surface area (Å²) >= 11 is 5.86. The van der Waals surface area contributed by atoms with Crippen molar-refractivity contribution >= 4 is 35.1 Å². The Hall–Kier alpha value is -2.87. The summed E-state index contributed by atoms with van der Waals surface area (Å²) in [5.74, 6) is -0.287. The average Bonchev–Trinajstić information content (AvgIpc) is 2.68. The van der Waals surface area contributed by atoms with Gasteiger partial charge in [0.05, 0.1) is 5.56 Å². The number of hydrogen-bond donors (Lipinski definition) is 1. The Kier molecular flexibility index (Phi) is 5.52. The molecule has 0 aliphatic carbocycles. The summed E-state index contributed by atoms with van der Waals surface area (Å²) < 4.78 is 5.08. The Morgan fingerprint density at radius 2 is 1.85 bits per heavy atom. The number of piperazine rings is 1. The highest BCUT2D eigenvalue weighted by Crippen LogP contribution is 2.19. The van der Waals surface area contributed by atoms with Crippen LogP contribution in [0.4, 0.5) is 11.6 Å². The number of halogens is 1. The van der Waals surface area contributed by atoms with Gasteiger partial charge in [0.1, 0.15) is 0 Å². The highest BCUT2D eigenvalue weighted by atomic mass is 35.5. The second kappa shape index (κ2) is 8.01. The van der Waals surface area contributed by atoms with Gasteiger partial charge in [-0.2, -0.15) is 0 Å². The summed E-state index contributed by atoms with van der Waals surface area (Å²) in [5, 5.41) is 0.372. The lowest BCUT2D eigenvalue weighted by atomic mass is 10.2. The maximum atomic E-state index is 12.3. The summed E-state index contributed by atoms with van der Waals surface area (Å²) in [4.78, 5) is 36.4. The van der Waals surface area contributed by atoms with Crippen LogP contribution in [0.5, 0.6) is 0 Å². The van der Waals surface area contributed by atoms with Crippen molar-refractivity contribution in [3.63, 3.8) is 0 Å². The third kappa shape index (κ3) is 4.20. The molecule has 9 heteroatoms. The van der Waals surface area contributed by atoms with Crippen molar-refractivity contribution in [2.75, 3.05) is 43.4 Å². The fourth-order valence-electron chi connectivity index (χ4n) is 2.61. The van der Waals surface area contributed by atoms with Crippen molar-refractivity contribution < 1.29 is 14.3 Å². The Balaban J connectivity index is 1.50. The largest absolute Gasteiger partial charge is 0.452 e. The smallest absolute Gasteiger partial charge is 0.340 e. The molecule has 1 fully saturated rings. The van der Waals surface area contributed by atoms with Gasteiger partial charge in [0.15, 0.2) is 6.61 Å². The number of nitrogens with two attached hydrogens (primary N) is 1. The van der Waals surface area contributed by atoms with Gasteiger partial charge >= 0.3 is 5.97 Å². The minimum absolute atomic E-state index is 0.149. The van der Waals surface area contributed by atoms with Gasteiger partial charge in [0.25, 0.3) is 5.91 Å². The van der Waals surface area contributed by atoms with E-state index in [1.54, 1.807) is 29.4 Å². The van der Waals surface area contributed by atoms with E-state index in [2.05, 4.69) is 9.97 Å². The zero-order chi connectivity index (χ0) is 18.5. The van der Waals surface area contributed by atoms with E-state index in [1.165, 1.54) is 12.1 Å². The summed E-state index contributed by atoms with van der Waals surface area (Å²) in [6.45, 7) is 1.91. The second-order valence-electron chi connectivity index (χ2n) is 5.72. The van der Waals surface area contributed by atoms with Crippen LogP contribution < -0.4 is 10.6 Å². The van der Waals surface area contributed by atoms with E-state index >= 15 is 0 Å². The van der Waals surface area contributed by atoms with E-state index in [1.807, 2.05) is 4.90 Å². The highest BCUT2D eigenvalue weighted by molar-refractivity contribution is 6.31. The van der Waals surface area contributed by atoms with Gasteiger partial charge in [-0.05, 0) is 24.3 Å². The average molecular weight is 376 g/mol. The van der Waals surface area contributed by atoms with Crippen molar-refractivity contribution in [3.05, 3.63) is 47.2 Å². The monoisotopic (exact) mass is 375 g/mol. The summed E-state index contributed by atoms with van der Waals surface area (Å²) in [5.41, 5.74) is 6.14. The number of rotatable bonds is 4. The fourth-order valence-corrected chi connectivity index (χ4v) is 2.78. The molecule has 0 spiro atoms. The molecule has 0 saturated carbocycles. The van der Waals surface area contributed by atoms with Crippen LogP contribution in [0, 0.1) is 0 Å². The van der Waals surface area contributed by atoms with Gasteiger partial charge < -0.3 is 20.3 Å². The Morgan fingerprint density at radius 3 is 2.54 bits per heavy atom. The molecule has 2 N–H and O–H groups in total. The second-order valence-corrected chi connectivity index (χ2v) is 6.16. The minimum atomic E-state index is -0.672. The van der Waals surface area contributed by atoms with Crippen LogP contribution in [-0.4, -0.2) is 59.5 Å². The van der Waals surface area contributed by atoms with Gasteiger partial charge in [-0.1, -0.05) is 11.6 Å². The summed E-state index contributed by atoms with van der Waals surface area (Å²) in [6, 6.07) is 6.27. The van der Waals surface area contributed by atoms with Crippen molar-refractivity contribution in [3.8, 4) is 0 Å². The predicted molar refractivity (Wildman–Crippen MR) is 97.0 cm³/mol. The Bertz CT molecular complexity index is 794. The van der Waals surface area contributed by atoms with E-state index < -0.39 is 5.97 Å². The lowest BCUT2D eigenvalue weighted by Gasteiger charge is -2.34. The predicted octanol–water partition coefficient (Wildman–Crippen LogP) is 1.22. The van der Waals surface area contributed by atoms with Crippen LogP contribution in [0.2, 0.25) is 5.02 Å². The molecular formula is C17H18ClN5O3. The number of nitrogen functional groups attached to an aromatic ring is 1. The van der Waals surface area contributed by atoms with Gasteiger partial charge in [0, 0.05) is 49.3 Å². The maximum absolute atomic E-state index is 12.3. The number of nitrogens with zero attached hydrogens (tertiary/aromatic N) is 4. The van der Waals surface area contributed by atoms with Crippen LogP contribution in [0.15, 0.2) is 36.7 Å². The number of hydrogen-bond acceptors (Lipinski definition) is 7. The molecule has 1 aliphatic rings. The molecule has 1 saturated heterocycles. The van der Waals surface area contributed by atoms with E-state index in [4.69, 9.17) is 22.1 Å². The standard InChI is InChI=1S/C17H18ClN5O3/c18-12-2-3-14(19)13(10-12)16(25)26-11-15(24)22-6-8-23(9-7-22)17-20-4-1-5-21-17/h1-5,10H,6-9,11,19H2. The van der Waals surface area contributed by atoms with Crippen LogP contribution in [0.3, 0.4) is 0 Å². The summed E-state index contributed by atoms with van der Waals surface area (Å²) in [7, 11) is 0. The molecule has 1 aromatic heterocycles. The van der Waals surface area contributed by atoms with Gasteiger partial charge in [-0.25, -0.2) is 14.8 Å². The fraction of sp³-hybridized carbons (Fsp3) is 0.294. The van der Waals surface area contributed by atoms with Crippen LogP contribution in [0.25, 0.3) is 0 Å². The number of carbonyl (C=O) groups excluding carboxylic acids is 2. The first kappa shape index (κ1) is 17.9. The molecule has 26 heavy (non-hydrogen) atoms. The van der Waals surface area contributed by atoms with Crippen molar-refractivity contribution in [1.29, 1.82) is 0 Å². The van der Waals surface area contributed by atoms with Crippen molar-refractivity contribution in [2.24, 2.45) is 0 Å². The molecule has 0 atom stereocenters. The van der Waals surface area contributed by atoms with Gasteiger partial charge in [-0.15, -0.1) is 0 Å². The lowest BCUT2D eigenvalue weighted by Crippen LogP contribution is -2.50. The van der Waals surface area contributed by atoms with Crippen molar-refractivity contribution in [1.82, 2.24) is 14.9 Å². The van der Waals surface area contributed by atoms with E-state index in [0.717, 1.165) is 0 Å². The van der Waals surface area contributed by atoms with E-state index in [-0.39, 0.29) is 23.8 Å². The molecule has 1 aliphatic heterocycles. The number of anilines is 2. The topological polar surface area (TPSA) is 102 Å². The van der Waals surface area contributed by atoms with Crippen LogP contribution >= 0.6 is 11.6 Å². The third-order valence-corrected chi connectivity index (χ3v) is 4.26. The number of carbonyl (C=O) groups is 2. The Morgan fingerprint density at radius 1 is 1.15 bits per heavy atom. The quantitative estimate of drug-likeness (QED) is 0.633. The Labute approximate surface area is 155 Å². The van der Waals surface area contributed by atoms with Gasteiger partial charge in [-0.3, -0.25) is 4.79 Å². The lowest BCUT2D eigenvalue weighted by molar-refractivity contribution is -0.134. The molecule has 8 nitrogen and oxygen atoms in total. The third-order valence-electron chi connectivity index (χ3n) is 4.03. The van der Waals surface area contributed by atoms with Crippen molar-refractivity contribution in [2.45, 2.75) is 0 Å². The molecule has 0 bridgehead atoms. The first-order valence-corrected chi connectivity index (χ1v) is 8.44. The molecule has 2 aromatic rings. The SMILES string of the molecule is Nc1ccc(Cl)cc1C(=O)OCC(=O)N1CCN(c2ncccn2)CC1. The minimum Gasteiger partial charge on any atom is -0.452 e. The van der Waals surface area contributed by atoms with E-state index in [0.29, 0.717) is 37.1 Å². The molecular weight excluding hydrogens is 358 g/mol. The number of benzene rings is 1. The zero-order valence-corrected chi connectivity index (χ0v) is 14.7. The molecule has 0 unspecified atom stereocenters. The maximum Gasteiger partial charge on any atom is 0.340 e. The molecule has 136 valence electrons. The zero-order valence-electron chi connectivity index (χ0n) is 14.0. The number of amides is 1. The molecule has 2 heterocycles. The molecule has 1 aromatic carbocycles. The molecule has 0 radical (unpaired) electrons. The van der Waals surface area contributed by atoms with E-state index in [9.17, 15) is 9.59 Å². The molecule has 3 rings (SSSR count). The first-order chi connectivity index (χ1) is 12.5. The first-order valence-electron chi connectivity index (χ1n) is 8.06. The summed E-state index contributed by atoms with van der Waals surface area (Å²) in [6.07, 6.45) is 3.36. The van der Waals surface area contributed by atoms with Gasteiger partial charge in [0.2, 0.25) is 5.95 Å². The normalized spacial score (nSPS) is 14.2. The van der Waals surface area contributed by atoms with Crippen LogP contribution in [0.1, 0.15) is 10.4 Å². The highest BCUT2D eigenvalue weighted by Gasteiger charge is 2.23. The number of ether oxygens (including phenoxy) is 1. The number of esters is 1.